The minimum atomic E-state index is 0.311. The van der Waals surface area contributed by atoms with E-state index < -0.39 is 0 Å². The third-order valence-electron chi connectivity index (χ3n) is 3.43. The standard InChI is InChI=1S/C11H19N3O/c15-7-5-11(3-1-4-11)9-12-8-10-2-6-13-14-10/h2,6,12,15H,1,3-5,7-9H2,(H,13,14). The molecular formula is C11H19N3O. The molecule has 1 aliphatic carbocycles. The van der Waals surface area contributed by atoms with Crippen molar-refractivity contribution in [3.05, 3.63) is 18.0 Å². The molecule has 1 fully saturated rings. The molecule has 1 saturated carbocycles. The largest absolute Gasteiger partial charge is 0.396 e. The van der Waals surface area contributed by atoms with Crippen LogP contribution in [0.3, 0.4) is 0 Å². The van der Waals surface area contributed by atoms with Crippen molar-refractivity contribution in [2.45, 2.75) is 32.2 Å². The number of H-pyrrole nitrogens is 1. The summed E-state index contributed by atoms with van der Waals surface area (Å²) in [6.07, 6.45) is 6.52. The number of aromatic amines is 1. The quantitative estimate of drug-likeness (QED) is 0.656. The highest BCUT2D eigenvalue weighted by Gasteiger charge is 2.35. The monoisotopic (exact) mass is 209 g/mol. The smallest absolute Gasteiger partial charge is 0.0490 e. The van der Waals surface area contributed by atoms with Gasteiger partial charge in [-0.1, -0.05) is 6.42 Å². The van der Waals surface area contributed by atoms with Crippen molar-refractivity contribution in [1.82, 2.24) is 15.5 Å². The SMILES string of the molecule is OCCC1(CNCc2ccn[nH]2)CCC1. The van der Waals surface area contributed by atoms with E-state index in [-0.39, 0.29) is 0 Å². The first-order chi connectivity index (χ1) is 7.35. The van der Waals surface area contributed by atoms with Crippen LogP contribution in [0.5, 0.6) is 0 Å². The molecule has 0 aromatic carbocycles. The van der Waals surface area contributed by atoms with Gasteiger partial charge in [-0.05, 0) is 30.7 Å². The molecule has 0 spiro atoms. The Kier molecular flexibility index (Phi) is 3.38. The Hall–Kier alpha value is -0.870. The minimum absolute atomic E-state index is 0.311. The Morgan fingerprint density at radius 1 is 1.53 bits per heavy atom. The molecule has 0 aliphatic heterocycles. The fourth-order valence-electron chi connectivity index (χ4n) is 2.27. The summed E-state index contributed by atoms with van der Waals surface area (Å²) in [5, 5.41) is 19.3. The molecule has 1 aromatic rings. The van der Waals surface area contributed by atoms with E-state index in [4.69, 9.17) is 5.11 Å². The van der Waals surface area contributed by atoms with Gasteiger partial charge in [0.05, 0.1) is 0 Å². The Morgan fingerprint density at radius 2 is 2.40 bits per heavy atom. The molecule has 4 heteroatoms. The van der Waals surface area contributed by atoms with Crippen LogP contribution in [0.1, 0.15) is 31.4 Å². The summed E-state index contributed by atoms with van der Waals surface area (Å²) in [6.45, 7) is 2.16. The maximum Gasteiger partial charge on any atom is 0.0490 e. The van der Waals surface area contributed by atoms with Crippen LogP contribution in [0, 0.1) is 5.41 Å². The van der Waals surface area contributed by atoms with Crippen LogP contribution in [-0.2, 0) is 6.54 Å². The van der Waals surface area contributed by atoms with Gasteiger partial charge in [0.25, 0.3) is 0 Å². The molecular weight excluding hydrogens is 190 g/mol. The number of rotatable bonds is 6. The van der Waals surface area contributed by atoms with E-state index in [9.17, 15) is 0 Å². The van der Waals surface area contributed by atoms with Gasteiger partial charge in [0, 0.05) is 31.6 Å². The number of hydrogen-bond acceptors (Lipinski definition) is 3. The van der Waals surface area contributed by atoms with Crippen LogP contribution >= 0.6 is 0 Å². The normalized spacial score (nSPS) is 18.7. The number of aromatic nitrogens is 2. The van der Waals surface area contributed by atoms with Gasteiger partial charge < -0.3 is 10.4 Å². The molecule has 1 aromatic heterocycles. The summed E-state index contributed by atoms with van der Waals surface area (Å²) in [4.78, 5) is 0. The Bertz CT molecular complexity index is 280. The van der Waals surface area contributed by atoms with Crippen molar-refractivity contribution >= 4 is 0 Å². The lowest BCUT2D eigenvalue weighted by molar-refractivity contribution is 0.0858. The molecule has 0 amide bonds. The molecule has 0 atom stereocenters. The Labute approximate surface area is 90.1 Å². The molecule has 3 N–H and O–H groups in total. The molecule has 0 saturated heterocycles. The molecule has 84 valence electrons. The fraction of sp³-hybridized carbons (Fsp3) is 0.727. The summed E-state index contributed by atoms with van der Waals surface area (Å²) in [6, 6.07) is 1.98. The molecule has 0 radical (unpaired) electrons. The molecule has 15 heavy (non-hydrogen) atoms. The van der Waals surface area contributed by atoms with Crippen molar-refractivity contribution in [2.24, 2.45) is 5.41 Å². The highest BCUT2D eigenvalue weighted by Crippen LogP contribution is 2.43. The van der Waals surface area contributed by atoms with E-state index in [1.165, 1.54) is 19.3 Å². The van der Waals surface area contributed by atoms with Gasteiger partial charge >= 0.3 is 0 Å². The van der Waals surface area contributed by atoms with Crippen LogP contribution in [0.15, 0.2) is 12.3 Å². The van der Waals surface area contributed by atoms with Crippen molar-refractivity contribution in [1.29, 1.82) is 0 Å². The highest BCUT2D eigenvalue weighted by molar-refractivity contribution is 4.97. The van der Waals surface area contributed by atoms with Crippen molar-refractivity contribution in [3.8, 4) is 0 Å². The first-order valence-electron chi connectivity index (χ1n) is 5.64. The Morgan fingerprint density at radius 3 is 2.93 bits per heavy atom. The zero-order valence-corrected chi connectivity index (χ0v) is 9.00. The Balaban J connectivity index is 1.72. The number of nitrogens with one attached hydrogen (secondary N) is 2. The average molecular weight is 209 g/mol. The van der Waals surface area contributed by atoms with Gasteiger partial charge in [-0.3, -0.25) is 5.10 Å². The second kappa shape index (κ2) is 4.77. The number of nitrogens with zero attached hydrogens (tertiary/aromatic N) is 1. The van der Waals surface area contributed by atoms with Crippen molar-refractivity contribution in [3.63, 3.8) is 0 Å². The second-order valence-corrected chi connectivity index (χ2v) is 4.51. The third-order valence-corrected chi connectivity index (χ3v) is 3.43. The summed E-state index contributed by atoms with van der Waals surface area (Å²) >= 11 is 0. The van der Waals surface area contributed by atoms with Crippen LogP contribution < -0.4 is 5.32 Å². The van der Waals surface area contributed by atoms with Gasteiger partial charge in [-0.2, -0.15) is 5.10 Å². The average Bonchev–Trinajstić information content (AvgIpc) is 2.67. The van der Waals surface area contributed by atoms with Crippen LogP contribution in [-0.4, -0.2) is 28.5 Å². The van der Waals surface area contributed by atoms with Crippen molar-refractivity contribution < 1.29 is 5.11 Å². The van der Waals surface area contributed by atoms with Gasteiger partial charge in [0.15, 0.2) is 0 Å². The van der Waals surface area contributed by atoms with E-state index in [2.05, 4.69) is 15.5 Å². The van der Waals surface area contributed by atoms with E-state index >= 15 is 0 Å². The minimum Gasteiger partial charge on any atom is -0.396 e. The third kappa shape index (κ3) is 2.58. The maximum atomic E-state index is 9.01. The predicted molar refractivity (Wildman–Crippen MR) is 58.3 cm³/mol. The number of aliphatic hydroxyl groups is 1. The van der Waals surface area contributed by atoms with Gasteiger partial charge in [-0.25, -0.2) is 0 Å². The highest BCUT2D eigenvalue weighted by atomic mass is 16.3. The van der Waals surface area contributed by atoms with Crippen molar-refractivity contribution in [2.75, 3.05) is 13.2 Å². The first-order valence-corrected chi connectivity index (χ1v) is 5.64. The first kappa shape index (κ1) is 10.6. The van der Waals surface area contributed by atoms with Crippen LogP contribution in [0.25, 0.3) is 0 Å². The maximum absolute atomic E-state index is 9.01. The number of hydrogen-bond donors (Lipinski definition) is 3. The van der Waals surface area contributed by atoms with Crippen LogP contribution in [0.2, 0.25) is 0 Å². The molecule has 0 bridgehead atoms. The molecule has 2 rings (SSSR count). The lowest BCUT2D eigenvalue weighted by Gasteiger charge is -2.42. The second-order valence-electron chi connectivity index (χ2n) is 4.51. The van der Waals surface area contributed by atoms with E-state index in [1.54, 1.807) is 6.20 Å². The molecule has 1 heterocycles. The van der Waals surface area contributed by atoms with E-state index in [1.807, 2.05) is 6.07 Å². The summed E-state index contributed by atoms with van der Waals surface area (Å²) in [7, 11) is 0. The summed E-state index contributed by atoms with van der Waals surface area (Å²) < 4.78 is 0. The zero-order chi connectivity index (χ0) is 10.6. The van der Waals surface area contributed by atoms with Crippen LogP contribution in [0.4, 0.5) is 0 Å². The zero-order valence-electron chi connectivity index (χ0n) is 9.00. The lowest BCUT2D eigenvalue weighted by Crippen LogP contribution is -2.40. The number of aliphatic hydroxyl groups excluding tert-OH is 1. The van der Waals surface area contributed by atoms with Gasteiger partial charge in [0.1, 0.15) is 0 Å². The molecule has 4 nitrogen and oxygen atoms in total. The predicted octanol–water partition coefficient (Wildman–Crippen LogP) is 1.05. The summed E-state index contributed by atoms with van der Waals surface area (Å²) in [5.41, 5.74) is 1.49. The lowest BCUT2D eigenvalue weighted by atomic mass is 9.67. The fourth-order valence-corrected chi connectivity index (χ4v) is 2.27. The summed E-state index contributed by atoms with van der Waals surface area (Å²) in [5.74, 6) is 0. The molecule has 0 unspecified atom stereocenters. The van der Waals surface area contributed by atoms with Gasteiger partial charge in [-0.15, -0.1) is 0 Å². The molecule has 1 aliphatic rings. The van der Waals surface area contributed by atoms with Gasteiger partial charge in [0.2, 0.25) is 0 Å². The van der Waals surface area contributed by atoms with E-state index in [0.717, 1.165) is 25.2 Å². The topological polar surface area (TPSA) is 60.9 Å². The van der Waals surface area contributed by atoms with E-state index in [0.29, 0.717) is 12.0 Å².